The fraction of sp³-hybridized carbons (Fsp3) is 0.364. The summed E-state index contributed by atoms with van der Waals surface area (Å²) in [5, 5.41) is 4.93. The number of amides is 1. The highest BCUT2D eigenvalue weighted by molar-refractivity contribution is 6.31. The van der Waals surface area contributed by atoms with Gasteiger partial charge in [0.15, 0.2) is 0 Å². The Bertz CT molecular complexity index is 1070. The molecular formula is C22H24ClN5O. The number of carbonyl (C=O) groups excluding carboxylic acids is 1. The van der Waals surface area contributed by atoms with Gasteiger partial charge in [-0.25, -0.2) is 9.97 Å². The van der Waals surface area contributed by atoms with Crippen LogP contribution in [0.15, 0.2) is 36.7 Å². The zero-order chi connectivity index (χ0) is 20.6. The van der Waals surface area contributed by atoms with Gasteiger partial charge in [-0.15, -0.1) is 0 Å². The van der Waals surface area contributed by atoms with E-state index < -0.39 is 5.41 Å². The molecule has 1 aliphatic carbocycles. The van der Waals surface area contributed by atoms with E-state index in [-0.39, 0.29) is 5.91 Å². The van der Waals surface area contributed by atoms with Crippen LogP contribution in [0.3, 0.4) is 0 Å². The maximum absolute atomic E-state index is 12.0. The van der Waals surface area contributed by atoms with Crippen molar-refractivity contribution in [3.63, 3.8) is 0 Å². The predicted octanol–water partition coefficient (Wildman–Crippen LogP) is 3.06. The molecule has 0 saturated heterocycles. The van der Waals surface area contributed by atoms with Gasteiger partial charge in [-0.05, 0) is 43.7 Å². The van der Waals surface area contributed by atoms with Crippen LogP contribution in [0.1, 0.15) is 46.7 Å². The average molecular weight is 410 g/mol. The summed E-state index contributed by atoms with van der Waals surface area (Å²) >= 11 is 6.38. The Labute approximate surface area is 175 Å². The molecular weight excluding hydrogens is 386 g/mol. The maximum Gasteiger partial charge on any atom is 0.228 e. The van der Waals surface area contributed by atoms with E-state index in [1.807, 2.05) is 38.4 Å². The number of halogens is 1. The van der Waals surface area contributed by atoms with E-state index >= 15 is 0 Å². The summed E-state index contributed by atoms with van der Waals surface area (Å²) in [6.45, 7) is 1.98. The lowest BCUT2D eigenvalue weighted by Gasteiger charge is -2.16. The van der Waals surface area contributed by atoms with Gasteiger partial charge in [0.25, 0.3) is 0 Å². The molecule has 0 spiro atoms. The van der Waals surface area contributed by atoms with Gasteiger partial charge in [0.05, 0.1) is 21.8 Å². The van der Waals surface area contributed by atoms with Crippen molar-refractivity contribution >= 4 is 17.5 Å². The highest BCUT2D eigenvalue weighted by atomic mass is 35.5. The Morgan fingerprint density at radius 1 is 1.24 bits per heavy atom. The van der Waals surface area contributed by atoms with Gasteiger partial charge in [0, 0.05) is 31.4 Å². The standard InChI is InChI=1S/C22H24ClN5O/c1-14-16(13-28(2)27-14)11-20-25-12-18(23)19(26-20)8-7-15-5-3-4-6-17(15)22(9-10-22)21(24)29/h3-6,12-13H,7-11H2,1-2H3,(H2,24,29). The summed E-state index contributed by atoms with van der Waals surface area (Å²) in [5.41, 5.74) is 10.3. The molecule has 7 heteroatoms. The molecule has 0 atom stereocenters. The zero-order valence-electron chi connectivity index (χ0n) is 16.7. The smallest absolute Gasteiger partial charge is 0.228 e. The summed E-state index contributed by atoms with van der Waals surface area (Å²) in [5.74, 6) is 0.490. The lowest BCUT2D eigenvalue weighted by molar-refractivity contribution is -0.120. The number of primary amides is 1. The Kier molecular flexibility index (Phi) is 5.13. The Hall–Kier alpha value is -2.73. The molecule has 0 unspecified atom stereocenters. The number of nitrogens with zero attached hydrogens (tertiary/aromatic N) is 4. The third-order valence-corrected chi connectivity index (χ3v) is 6.03. The molecule has 0 radical (unpaired) electrons. The molecule has 150 valence electrons. The summed E-state index contributed by atoms with van der Waals surface area (Å²) in [6, 6.07) is 8.04. The second kappa shape index (κ2) is 7.59. The van der Waals surface area contributed by atoms with Gasteiger partial charge in [0.2, 0.25) is 5.91 Å². The van der Waals surface area contributed by atoms with Crippen LogP contribution in [0.5, 0.6) is 0 Å². The second-order valence-electron chi connectivity index (χ2n) is 7.77. The SMILES string of the molecule is Cc1nn(C)cc1Cc1ncc(Cl)c(CCc2ccccc2C2(C(N)=O)CC2)n1. The lowest BCUT2D eigenvalue weighted by Crippen LogP contribution is -2.29. The molecule has 1 saturated carbocycles. The molecule has 6 nitrogen and oxygen atoms in total. The van der Waals surface area contributed by atoms with E-state index in [9.17, 15) is 4.79 Å². The van der Waals surface area contributed by atoms with E-state index in [1.54, 1.807) is 10.9 Å². The van der Waals surface area contributed by atoms with Crippen LogP contribution in [0, 0.1) is 6.92 Å². The Balaban J connectivity index is 1.54. The van der Waals surface area contributed by atoms with Crippen molar-refractivity contribution in [1.29, 1.82) is 0 Å². The number of nitrogens with two attached hydrogens (primary N) is 1. The number of hydrogen-bond acceptors (Lipinski definition) is 4. The van der Waals surface area contributed by atoms with Gasteiger partial charge in [-0.2, -0.15) is 5.10 Å². The van der Waals surface area contributed by atoms with Gasteiger partial charge >= 0.3 is 0 Å². The van der Waals surface area contributed by atoms with Crippen molar-refractivity contribution in [1.82, 2.24) is 19.7 Å². The fourth-order valence-corrected chi connectivity index (χ4v) is 4.11. The molecule has 1 fully saturated rings. The molecule has 4 rings (SSSR count). The van der Waals surface area contributed by atoms with Crippen LogP contribution >= 0.6 is 11.6 Å². The first-order valence-corrected chi connectivity index (χ1v) is 10.1. The molecule has 2 N–H and O–H groups in total. The van der Waals surface area contributed by atoms with E-state index in [0.717, 1.165) is 53.2 Å². The van der Waals surface area contributed by atoms with Crippen molar-refractivity contribution in [3.8, 4) is 0 Å². The van der Waals surface area contributed by atoms with Crippen molar-refractivity contribution < 1.29 is 4.79 Å². The molecule has 29 heavy (non-hydrogen) atoms. The minimum Gasteiger partial charge on any atom is -0.369 e. The molecule has 2 aromatic heterocycles. The van der Waals surface area contributed by atoms with Crippen LogP contribution in [-0.4, -0.2) is 25.7 Å². The van der Waals surface area contributed by atoms with Crippen LogP contribution in [0.4, 0.5) is 0 Å². The number of aromatic nitrogens is 4. The normalized spacial score (nSPS) is 14.7. The molecule has 3 aromatic rings. The topological polar surface area (TPSA) is 86.7 Å². The minimum absolute atomic E-state index is 0.237. The first-order valence-electron chi connectivity index (χ1n) is 9.77. The highest BCUT2D eigenvalue weighted by Crippen LogP contribution is 2.49. The van der Waals surface area contributed by atoms with Crippen molar-refractivity contribution in [3.05, 3.63) is 75.6 Å². The highest BCUT2D eigenvalue weighted by Gasteiger charge is 2.50. The van der Waals surface area contributed by atoms with Gasteiger partial charge < -0.3 is 5.73 Å². The maximum atomic E-state index is 12.0. The summed E-state index contributed by atoms with van der Waals surface area (Å²) in [7, 11) is 1.90. The first kappa shape index (κ1) is 19.6. The van der Waals surface area contributed by atoms with Crippen molar-refractivity contribution in [2.24, 2.45) is 12.8 Å². The molecule has 0 aliphatic heterocycles. The Morgan fingerprint density at radius 3 is 2.66 bits per heavy atom. The Morgan fingerprint density at radius 2 is 2.00 bits per heavy atom. The van der Waals surface area contributed by atoms with Crippen LogP contribution in [-0.2, 0) is 36.5 Å². The van der Waals surface area contributed by atoms with Gasteiger partial charge in [-0.3, -0.25) is 9.48 Å². The van der Waals surface area contributed by atoms with Crippen LogP contribution in [0.25, 0.3) is 0 Å². The third kappa shape index (κ3) is 3.90. The van der Waals surface area contributed by atoms with Crippen molar-refractivity contribution in [2.75, 3.05) is 0 Å². The van der Waals surface area contributed by atoms with Crippen LogP contribution in [0.2, 0.25) is 5.02 Å². The minimum atomic E-state index is -0.491. The average Bonchev–Trinajstić information content (AvgIpc) is 3.44. The fourth-order valence-electron chi connectivity index (χ4n) is 3.93. The number of rotatable bonds is 7. The monoisotopic (exact) mass is 409 g/mol. The predicted molar refractivity (Wildman–Crippen MR) is 112 cm³/mol. The number of carbonyl (C=O) groups is 1. The second-order valence-corrected chi connectivity index (χ2v) is 8.18. The summed E-state index contributed by atoms with van der Waals surface area (Å²) in [4.78, 5) is 21.1. The number of aryl methyl sites for hydroxylation is 4. The van der Waals surface area contributed by atoms with Gasteiger partial charge in [-0.1, -0.05) is 35.9 Å². The molecule has 0 bridgehead atoms. The molecule has 1 amide bonds. The number of benzene rings is 1. The van der Waals surface area contributed by atoms with E-state index in [1.165, 1.54) is 0 Å². The number of hydrogen-bond donors (Lipinski definition) is 1. The zero-order valence-corrected chi connectivity index (χ0v) is 17.4. The van der Waals surface area contributed by atoms with E-state index in [0.29, 0.717) is 17.9 Å². The van der Waals surface area contributed by atoms with Crippen molar-refractivity contribution in [2.45, 2.75) is 44.4 Å². The van der Waals surface area contributed by atoms with Gasteiger partial charge in [0.1, 0.15) is 5.82 Å². The lowest BCUT2D eigenvalue weighted by atomic mass is 9.88. The summed E-state index contributed by atoms with van der Waals surface area (Å²) < 4.78 is 1.80. The molecule has 2 heterocycles. The summed E-state index contributed by atoms with van der Waals surface area (Å²) in [6.07, 6.45) is 7.33. The quantitative estimate of drug-likeness (QED) is 0.649. The van der Waals surface area contributed by atoms with Crippen LogP contribution < -0.4 is 5.73 Å². The van der Waals surface area contributed by atoms with E-state index in [2.05, 4.69) is 16.1 Å². The first-order chi connectivity index (χ1) is 13.9. The van der Waals surface area contributed by atoms with E-state index in [4.69, 9.17) is 22.3 Å². The molecule has 1 aromatic carbocycles. The largest absolute Gasteiger partial charge is 0.369 e. The molecule has 1 aliphatic rings. The third-order valence-electron chi connectivity index (χ3n) is 5.72.